The van der Waals surface area contributed by atoms with Crippen molar-refractivity contribution in [2.45, 2.75) is 27.3 Å². The number of hydrogen-bond acceptors (Lipinski definition) is 4. The van der Waals surface area contributed by atoms with Crippen LogP contribution in [0.4, 0.5) is 5.69 Å². The Bertz CT molecular complexity index is 1370. The number of hydrogen-bond donors (Lipinski definition) is 1. The van der Waals surface area contributed by atoms with Crippen molar-refractivity contribution in [1.29, 1.82) is 0 Å². The molecule has 6 nitrogen and oxygen atoms in total. The van der Waals surface area contributed by atoms with Gasteiger partial charge in [-0.25, -0.2) is 4.68 Å². The van der Waals surface area contributed by atoms with E-state index < -0.39 is 0 Å². The number of ether oxygens (including phenoxy) is 1. The van der Waals surface area contributed by atoms with Crippen LogP contribution in [0.1, 0.15) is 16.7 Å². The number of anilines is 1. The number of nitrogens with zero attached hydrogens (tertiary/aromatic N) is 3. The average molecular weight is 459 g/mol. The van der Waals surface area contributed by atoms with Gasteiger partial charge in [0.25, 0.3) is 0 Å². The van der Waals surface area contributed by atoms with Crippen LogP contribution in [0.5, 0.6) is 5.75 Å². The minimum Gasteiger partial charge on any atom is -0.497 e. The molecule has 0 aliphatic rings. The maximum Gasteiger partial charge on any atom is 0.246 e. The summed E-state index contributed by atoms with van der Waals surface area (Å²) >= 11 is 5.79. The molecule has 0 fully saturated rings. The molecule has 7 heteroatoms. The lowest BCUT2D eigenvalue weighted by atomic mass is 10.1. The Balaban J connectivity index is 1.74. The first-order chi connectivity index (χ1) is 15.9. The van der Waals surface area contributed by atoms with Crippen LogP contribution < -0.4 is 10.1 Å². The van der Waals surface area contributed by atoms with E-state index in [0.717, 1.165) is 39.4 Å². The largest absolute Gasteiger partial charge is 0.497 e. The fourth-order valence-electron chi connectivity index (χ4n) is 3.67. The lowest BCUT2D eigenvalue weighted by molar-refractivity contribution is -0.116. The van der Waals surface area contributed by atoms with Crippen molar-refractivity contribution in [1.82, 2.24) is 14.3 Å². The number of carbonyl (C=O) groups is 1. The third kappa shape index (κ3) is 4.73. The molecular weight excluding hydrogens is 432 g/mol. The molecule has 1 amide bonds. The van der Waals surface area contributed by atoms with E-state index in [1.165, 1.54) is 0 Å². The number of aromatic nitrogens is 3. The number of aryl methyl sites for hydroxylation is 3. The number of nitrogens with one attached hydrogen (secondary N) is 1. The third-order valence-electron chi connectivity index (χ3n) is 5.50. The van der Waals surface area contributed by atoms with E-state index in [1.807, 2.05) is 92.1 Å². The van der Waals surface area contributed by atoms with E-state index >= 15 is 0 Å². The van der Waals surface area contributed by atoms with Gasteiger partial charge in [0.1, 0.15) is 12.3 Å². The number of amides is 1. The van der Waals surface area contributed by atoms with E-state index in [1.54, 1.807) is 11.8 Å². The van der Waals surface area contributed by atoms with Crippen molar-refractivity contribution in [3.05, 3.63) is 88.2 Å². The molecule has 33 heavy (non-hydrogen) atoms. The first-order valence-corrected chi connectivity index (χ1v) is 11.1. The summed E-state index contributed by atoms with van der Waals surface area (Å²) in [6.07, 6.45) is 0. The van der Waals surface area contributed by atoms with Gasteiger partial charge in [0.15, 0.2) is 5.82 Å². The molecule has 1 N–H and O–H groups in total. The number of carbonyl (C=O) groups excluding carboxylic acids is 1. The van der Waals surface area contributed by atoms with E-state index in [2.05, 4.69) is 5.32 Å². The summed E-state index contributed by atoms with van der Waals surface area (Å²) in [5, 5.41) is 7.74. The molecule has 4 aromatic rings. The molecule has 4 rings (SSSR count). The van der Waals surface area contributed by atoms with Crippen LogP contribution in [0.3, 0.4) is 0 Å². The van der Waals surface area contributed by atoms with Crippen LogP contribution in [0, 0.1) is 25.5 Å². The number of methoxy groups -OCH3 is 1. The number of rotatable bonds is 6. The van der Waals surface area contributed by atoms with Crippen molar-refractivity contribution in [2.75, 3.05) is 12.4 Å². The van der Waals surface area contributed by atoms with Gasteiger partial charge in [-0.05, 0) is 86.1 Å². The highest BCUT2D eigenvalue weighted by molar-refractivity contribution is 7.71. The monoisotopic (exact) mass is 458 g/mol. The maximum absolute atomic E-state index is 12.9. The van der Waals surface area contributed by atoms with Gasteiger partial charge in [-0.1, -0.05) is 30.3 Å². The van der Waals surface area contributed by atoms with Crippen LogP contribution in [0.25, 0.3) is 17.1 Å². The van der Waals surface area contributed by atoms with E-state index in [-0.39, 0.29) is 12.5 Å². The van der Waals surface area contributed by atoms with Gasteiger partial charge in [0, 0.05) is 11.3 Å². The molecular formula is C26H26N4O2S. The van der Waals surface area contributed by atoms with Gasteiger partial charge in [-0.3, -0.25) is 9.36 Å². The Morgan fingerprint density at radius 3 is 2.42 bits per heavy atom. The second-order valence-electron chi connectivity index (χ2n) is 7.98. The van der Waals surface area contributed by atoms with Gasteiger partial charge in [-0.15, -0.1) is 0 Å². The van der Waals surface area contributed by atoms with Crippen molar-refractivity contribution in [2.24, 2.45) is 0 Å². The maximum atomic E-state index is 12.9. The lowest BCUT2D eigenvalue weighted by Gasteiger charge is -2.10. The van der Waals surface area contributed by atoms with Crippen molar-refractivity contribution in [3.8, 4) is 22.8 Å². The Morgan fingerprint density at radius 1 is 1.00 bits per heavy atom. The molecule has 0 unspecified atom stereocenters. The standard InChI is InChI=1S/C26H26N4O2S/c1-17-9-10-18(2)22(15-17)27-24(31)16-29-26(33)30(23-8-6-5-7-19(23)3)25(28-29)20-11-13-21(32-4)14-12-20/h5-15H,16H2,1-4H3,(H,27,31). The van der Waals surface area contributed by atoms with E-state index in [9.17, 15) is 4.79 Å². The molecule has 0 aliphatic heterocycles. The van der Waals surface area contributed by atoms with Crippen LogP contribution in [0.2, 0.25) is 0 Å². The summed E-state index contributed by atoms with van der Waals surface area (Å²) in [4.78, 5) is 12.9. The Labute approximate surface area is 198 Å². The molecule has 168 valence electrons. The predicted octanol–water partition coefficient (Wildman–Crippen LogP) is 5.64. The molecule has 1 aromatic heterocycles. The SMILES string of the molecule is COc1ccc(-c2nn(CC(=O)Nc3cc(C)ccc3C)c(=S)n2-c2ccccc2C)cc1. The minimum atomic E-state index is -0.185. The van der Waals surface area contributed by atoms with Crippen molar-refractivity contribution >= 4 is 23.8 Å². The quantitative estimate of drug-likeness (QED) is 0.380. The summed E-state index contributed by atoms with van der Waals surface area (Å²) in [7, 11) is 1.63. The summed E-state index contributed by atoms with van der Waals surface area (Å²) < 4.78 is 9.23. The Kier molecular flexibility index (Phi) is 6.42. The zero-order valence-corrected chi connectivity index (χ0v) is 19.9. The molecule has 0 aliphatic carbocycles. The van der Waals surface area contributed by atoms with Crippen LogP contribution in [-0.2, 0) is 11.3 Å². The van der Waals surface area contributed by atoms with Gasteiger partial charge in [0.2, 0.25) is 10.7 Å². The summed E-state index contributed by atoms with van der Waals surface area (Å²) in [6.45, 7) is 6.00. The molecule has 0 spiro atoms. The van der Waals surface area contributed by atoms with Gasteiger partial charge in [0.05, 0.1) is 12.8 Å². The molecule has 0 atom stereocenters. The normalized spacial score (nSPS) is 10.8. The molecule has 0 radical (unpaired) electrons. The predicted molar refractivity (Wildman–Crippen MR) is 134 cm³/mol. The fourth-order valence-corrected chi connectivity index (χ4v) is 3.96. The zero-order chi connectivity index (χ0) is 23.5. The fraction of sp³-hybridized carbons (Fsp3) is 0.192. The van der Waals surface area contributed by atoms with Crippen LogP contribution >= 0.6 is 12.2 Å². The summed E-state index contributed by atoms with van der Waals surface area (Å²) in [5.41, 5.74) is 5.73. The smallest absolute Gasteiger partial charge is 0.246 e. The van der Waals surface area contributed by atoms with Crippen molar-refractivity contribution in [3.63, 3.8) is 0 Å². The third-order valence-corrected chi connectivity index (χ3v) is 5.90. The van der Waals surface area contributed by atoms with Gasteiger partial charge < -0.3 is 10.1 Å². The van der Waals surface area contributed by atoms with Crippen molar-refractivity contribution < 1.29 is 9.53 Å². The zero-order valence-electron chi connectivity index (χ0n) is 19.1. The van der Waals surface area contributed by atoms with E-state index in [0.29, 0.717) is 10.6 Å². The lowest BCUT2D eigenvalue weighted by Crippen LogP contribution is -2.20. The average Bonchev–Trinajstić information content (AvgIpc) is 3.12. The van der Waals surface area contributed by atoms with Gasteiger partial charge >= 0.3 is 0 Å². The summed E-state index contributed by atoms with van der Waals surface area (Å²) in [6, 6.07) is 21.6. The molecule has 0 saturated heterocycles. The molecule has 1 heterocycles. The number of para-hydroxylation sites is 1. The summed E-state index contributed by atoms with van der Waals surface area (Å²) in [5.74, 6) is 1.24. The molecule has 0 bridgehead atoms. The number of benzene rings is 3. The molecule has 0 saturated carbocycles. The Hall–Kier alpha value is -3.71. The Morgan fingerprint density at radius 2 is 1.73 bits per heavy atom. The van der Waals surface area contributed by atoms with E-state index in [4.69, 9.17) is 22.1 Å². The highest BCUT2D eigenvalue weighted by atomic mass is 32.1. The first-order valence-electron chi connectivity index (χ1n) is 10.6. The molecule has 3 aromatic carbocycles. The second-order valence-corrected chi connectivity index (χ2v) is 8.35. The second kappa shape index (κ2) is 9.42. The minimum absolute atomic E-state index is 0.00819. The van der Waals surface area contributed by atoms with Crippen LogP contribution in [-0.4, -0.2) is 27.4 Å². The first kappa shape index (κ1) is 22.5. The van der Waals surface area contributed by atoms with Crippen LogP contribution in [0.15, 0.2) is 66.7 Å². The van der Waals surface area contributed by atoms with Gasteiger partial charge in [-0.2, -0.15) is 5.10 Å². The highest BCUT2D eigenvalue weighted by Gasteiger charge is 2.18. The highest BCUT2D eigenvalue weighted by Crippen LogP contribution is 2.26. The topological polar surface area (TPSA) is 61.1 Å².